The summed E-state index contributed by atoms with van der Waals surface area (Å²) in [6, 6.07) is 2.59. The van der Waals surface area contributed by atoms with Crippen LogP contribution in [0.5, 0.6) is 0 Å². The zero-order valence-electron chi connectivity index (χ0n) is 10.2. The first-order valence-electron chi connectivity index (χ1n) is 6.01. The fraction of sp³-hybridized carbons (Fsp3) is 0.583. The highest BCUT2D eigenvalue weighted by atomic mass is 79.9. The van der Waals surface area contributed by atoms with E-state index in [2.05, 4.69) is 45.2 Å². The summed E-state index contributed by atoms with van der Waals surface area (Å²) in [4.78, 5) is 15.0. The summed E-state index contributed by atoms with van der Waals surface area (Å²) in [6.45, 7) is 4.31. The Morgan fingerprint density at radius 2 is 2.12 bits per heavy atom. The topological polar surface area (TPSA) is 48.1 Å². The van der Waals surface area contributed by atoms with Crippen LogP contribution in [0.4, 0.5) is 0 Å². The minimum absolute atomic E-state index is 0.0729. The molecular weight excluding hydrogens is 282 g/mol. The van der Waals surface area contributed by atoms with Gasteiger partial charge in [-0.25, -0.2) is 5.01 Å². The van der Waals surface area contributed by atoms with Crippen molar-refractivity contribution in [1.29, 1.82) is 0 Å². The van der Waals surface area contributed by atoms with Crippen molar-refractivity contribution in [2.45, 2.75) is 45.2 Å². The van der Waals surface area contributed by atoms with Gasteiger partial charge in [-0.05, 0) is 48.7 Å². The lowest BCUT2D eigenvalue weighted by Gasteiger charge is -2.38. The Labute approximate surface area is 110 Å². The van der Waals surface area contributed by atoms with E-state index in [-0.39, 0.29) is 5.91 Å². The van der Waals surface area contributed by atoms with Crippen molar-refractivity contribution in [3.8, 4) is 0 Å². The van der Waals surface area contributed by atoms with Crippen LogP contribution in [0.15, 0.2) is 16.7 Å². The molecule has 2 atom stereocenters. The van der Waals surface area contributed by atoms with Crippen LogP contribution in [0.25, 0.3) is 0 Å². The molecule has 0 aliphatic carbocycles. The average Bonchev–Trinajstić information content (AvgIpc) is 2.70. The van der Waals surface area contributed by atoms with Crippen molar-refractivity contribution in [1.82, 2.24) is 15.4 Å². The third-order valence-electron chi connectivity index (χ3n) is 3.32. The van der Waals surface area contributed by atoms with Crippen molar-refractivity contribution >= 4 is 21.8 Å². The molecule has 2 heterocycles. The second kappa shape index (κ2) is 5.23. The highest BCUT2D eigenvalue weighted by molar-refractivity contribution is 9.10. The fourth-order valence-electron chi connectivity index (χ4n) is 2.32. The molecule has 2 unspecified atom stereocenters. The summed E-state index contributed by atoms with van der Waals surface area (Å²) < 4.78 is 0.891. The maximum atomic E-state index is 12.0. The van der Waals surface area contributed by atoms with Crippen LogP contribution >= 0.6 is 15.9 Å². The van der Waals surface area contributed by atoms with Crippen molar-refractivity contribution in [2.75, 3.05) is 0 Å². The van der Waals surface area contributed by atoms with Gasteiger partial charge in [-0.3, -0.25) is 10.2 Å². The van der Waals surface area contributed by atoms with Crippen molar-refractivity contribution in [3.63, 3.8) is 0 Å². The zero-order chi connectivity index (χ0) is 12.4. The second-order valence-corrected chi connectivity index (χ2v) is 5.62. The molecule has 17 heavy (non-hydrogen) atoms. The number of piperidine rings is 1. The molecule has 1 aliphatic rings. The Bertz CT molecular complexity index is 394. The number of hydrogen-bond donors (Lipinski definition) is 2. The van der Waals surface area contributed by atoms with Crippen LogP contribution in [0.1, 0.15) is 43.6 Å². The molecule has 1 aromatic heterocycles. The van der Waals surface area contributed by atoms with Gasteiger partial charge in [0.25, 0.3) is 5.91 Å². The molecular formula is C12H18BrN3O. The third kappa shape index (κ3) is 2.90. The number of amides is 1. The van der Waals surface area contributed by atoms with Gasteiger partial charge in [0.1, 0.15) is 5.69 Å². The van der Waals surface area contributed by atoms with Crippen molar-refractivity contribution in [2.24, 2.45) is 0 Å². The molecule has 1 amide bonds. The van der Waals surface area contributed by atoms with Crippen LogP contribution < -0.4 is 5.43 Å². The third-order valence-corrected chi connectivity index (χ3v) is 3.77. The maximum Gasteiger partial charge on any atom is 0.282 e. The molecule has 1 fully saturated rings. The predicted molar refractivity (Wildman–Crippen MR) is 70.6 cm³/mol. The molecule has 4 nitrogen and oxygen atoms in total. The molecule has 1 aromatic rings. The summed E-state index contributed by atoms with van der Waals surface area (Å²) >= 11 is 3.32. The predicted octanol–water partition coefficient (Wildman–Crippen LogP) is 2.68. The van der Waals surface area contributed by atoms with Gasteiger partial charge < -0.3 is 4.98 Å². The summed E-state index contributed by atoms with van der Waals surface area (Å²) in [5.74, 6) is -0.0729. The van der Waals surface area contributed by atoms with E-state index >= 15 is 0 Å². The van der Waals surface area contributed by atoms with Gasteiger partial charge in [-0.2, -0.15) is 0 Å². The number of rotatable bonds is 2. The second-order valence-electron chi connectivity index (χ2n) is 4.71. The van der Waals surface area contributed by atoms with Crippen LogP contribution in [0, 0.1) is 0 Å². The monoisotopic (exact) mass is 299 g/mol. The largest absolute Gasteiger partial charge is 0.356 e. The molecule has 0 bridgehead atoms. The number of hydrazine groups is 1. The van der Waals surface area contributed by atoms with Crippen LogP contribution in [-0.4, -0.2) is 28.0 Å². The van der Waals surface area contributed by atoms with Crippen molar-refractivity contribution < 1.29 is 4.79 Å². The Hall–Kier alpha value is -0.810. The fourth-order valence-corrected chi connectivity index (χ4v) is 2.66. The Morgan fingerprint density at radius 1 is 1.47 bits per heavy atom. The number of H-pyrrole nitrogens is 1. The lowest BCUT2D eigenvalue weighted by molar-refractivity contribution is 0.0366. The van der Waals surface area contributed by atoms with Gasteiger partial charge in [0.15, 0.2) is 0 Å². The number of halogens is 1. The van der Waals surface area contributed by atoms with Crippen LogP contribution in [-0.2, 0) is 0 Å². The van der Waals surface area contributed by atoms with Gasteiger partial charge in [-0.15, -0.1) is 0 Å². The maximum absolute atomic E-state index is 12.0. The number of hydrogen-bond acceptors (Lipinski definition) is 2. The number of carbonyl (C=O) groups excluding carboxylic acids is 1. The van der Waals surface area contributed by atoms with Gasteiger partial charge in [0, 0.05) is 22.8 Å². The lowest BCUT2D eigenvalue weighted by Crippen LogP contribution is -2.54. The van der Waals surface area contributed by atoms with Gasteiger partial charge in [0.05, 0.1) is 0 Å². The Morgan fingerprint density at radius 3 is 2.65 bits per heavy atom. The van der Waals surface area contributed by atoms with Crippen LogP contribution in [0.2, 0.25) is 0 Å². The van der Waals surface area contributed by atoms with Crippen molar-refractivity contribution in [3.05, 3.63) is 22.4 Å². The van der Waals surface area contributed by atoms with E-state index in [1.165, 1.54) is 6.42 Å². The van der Waals surface area contributed by atoms with E-state index < -0.39 is 0 Å². The highest BCUT2D eigenvalue weighted by Gasteiger charge is 2.26. The van der Waals surface area contributed by atoms with E-state index in [4.69, 9.17) is 0 Å². The molecule has 0 aromatic carbocycles. The molecule has 0 spiro atoms. The molecule has 0 radical (unpaired) electrons. The minimum atomic E-state index is -0.0729. The quantitative estimate of drug-likeness (QED) is 0.882. The first-order chi connectivity index (χ1) is 8.08. The first kappa shape index (κ1) is 12.6. The normalized spacial score (nSPS) is 25.8. The Balaban J connectivity index is 2.02. The minimum Gasteiger partial charge on any atom is -0.356 e. The van der Waals surface area contributed by atoms with Crippen LogP contribution in [0.3, 0.4) is 0 Å². The molecule has 1 saturated heterocycles. The van der Waals surface area contributed by atoms with Gasteiger partial charge >= 0.3 is 0 Å². The number of aromatic nitrogens is 1. The smallest absolute Gasteiger partial charge is 0.282 e. The first-order valence-corrected chi connectivity index (χ1v) is 6.80. The molecule has 0 saturated carbocycles. The summed E-state index contributed by atoms with van der Waals surface area (Å²) in [5.41, 5.74) is 3.58. The zero-order valence-corrected chi connectivity index (χ0v) is 11.8. The van der Waals surface area contributed by atoms with E-state index in [1.807, 2.05) is 0 Å². The lowest BCUT2D eigenvalue weighted by atomic mass is 10.00. The van der Waals surface area contributed by atoms with E-state index in [0.29, 0.717) is 17.8 Å². The summed E-state index contributed by atoms with van der Waals surface area (Å²) in [6.07, 6.45) is 5.28. The number of nitrogens with zero attached hydrogens (tertiary/aromatic N) is 1. The molecule has 2 N–H and O–H groups in total. The van der Waals surface area contributed by atoms with Gasteiger partial charge in [-0.1, -0.05) is 6.42 Å². The molecule has 94 valence electrons. The van der Waals surface area contributed by atoms with E-state index in [9.17, 15) is 4.79 Å². The number of nitrogens with one attached hydrogen (secondary N) is 2. The Kier molecular flexibility index (Phi) is 3.89. The number of carbonyl (C=O) groups is 1. The molecule has 5 heteroatoms. The van der Waals surface area contributed by atoms with E-state index in [0.717, 1.165) is 17.3 Å². The standard InChI is InChI=1S/C12H18BrN3O/c1-8-4-3-5-9(2)16(8)15-12(17)11-6-10(13)7-14-11/h6-9,14H,3-5H2,1-2H3,(H,15,17). The molecule has 1 aliphatic heterocycles. The average molecular weight is 300 g/mol. The summed E-state index contributed by atoms with van der Waals surface area (Å²) in [7, 11) is 0. The number of aromatic amines is 1. The molecule has 2 rings (SSSR count). The van der Waals surface area contributed by atoms with Gasteiger partial charge in [0.2, 0.25) is 0 Å². The SMILES string of the molecule is CC1CCCC(C)N1NC(=O)c1cc(Br)c[nH]1. The van der Waals surface area contributed by atoms with E-state index in [1.54, 1.807) is 12.3 Å². The summed E-state index contributed by atoms with van der Waals surface area (Å²) in [5, 5.41) is 2.07. The highest BCUT2D eigenvalue weighted by Crippen LogP contribution is 2.20.